The Morgan fingerprint density at radius 3 is 2.78 bits per heavy atom. The van der Waals surface area contributed by atoms with Gasteiger partial charge in [-0.3, -0.25) is 4.79 Å². The Kier molecular flexibility index (Phi) is 3.98. The normalized spacial score (nSPS) is 24.7. The largest absolute Gasteiger partial charge is 0.334 e. The van der Waals surface area contributed by atoms with Crippen LogP contribution in [0.4, 0.5) is 0 Å². The minimum Gasteiger partial charge on any atom is -0.334 e. The lowest BCUT2D eigenvalue weighted by Gasteiger charge is -2.33. The Balaban J connectivity index is 1.87. The molecule has 1 aliphatic carbocycles. The van der Waals surface area contributed by atoms with Gasteiger partial charge in [-0.2, -0.15) is 5.26 Å². The number of carbonyl (C=O) groups is 1. The number of amides is 1. The Morgan fingerprint density at radius 2 is 2.09 bits per heavy atom. The van der Waals surface area contributed by atoms with Crippen molar-refractivity contribution in [3.8, 4) is 6.07 Å². The summed E-state index contributed by atoms with van der Waals surface area (Å²) < 4.78 is 27.2. The second-order valence-electron chi connectivity index (χ2n) is 6.02. The zero-order chi connectivity index (χ0) is 16.5. The molecule has 1 amide bonds. The number of carbonyl (C=O) groups excluding carboxylic acids is 1. The minimum atomic E-state index is -3.55. The van der Waals surface area contributed by atoms with Gasteiger partial charge in [-0.25, -0.2) is 8.42 Å². The van der Waals surface area contributed by atoms with Gasteiger partial charge in [-0.05, 0) is 25.0 Å². The third kappa shape index (κ3) is 3.15. The monoisotopic (exact) mass is 334 g/mol. The van der Waals surface area contributed by atoms with E-state index in [1.807, 2.05) is 0 Å². The quantitative estimate of drug-likeness (QED) is 0.805. The van der Waals surface area contributed by atoms with Gasteiger partial charge in [0.15, 0.2) is 5.84 Å². The number of rotatable bonds is 2. The molecular formula is C15H18N4O3S. The fraction of sp³-hybridized carbons (Fsp3) is 0.533. The van der Waals surface area contributed by atoms with Crippen molar-refractivity contribution in [1.29, 1.82) is 5.26 Å². The minimum absolute atomic E-state index is 0.0716. The average Bonchev–Trinajstić information content (AvgIpc) is 2.54. The summed E-state index contributed by atoms with van der Waals surface area (Å²) in [6, 6.07) is 2.23. The number of sulfonamides is 1. The molecule has 0 atom stereocenters. The highest BCUT2D eigenvalue weighted by Gasteiger charge is 2.37. The van der Waals surface area contributed by atoms with E-state index in [0.717, 1.165) is 19.3 Å². The van der Waals surface area contributed by atoms with E-state index in [0.29, 0.717) is 12.8 Å². The molecule has 2 heterocycles. The number of allylic oxidation sites excluding steroid dienone is 2. The molecule has 0 unspecified atom stereocenters. The van der Waals surface area contributed by atoms with Crippen molar-refractivity contribution in [2.24, 2.45) is 4.40 Å². The van der Waals surface area contributed by atoms with Gasteiger partial charge >= 0.3 is 0 Å². The van der Waals surface area contributed by atoms with Crippen LogP contribution >= 0.6 is 0 Å². The Hall–Kier alpha value is -2.14. The summed E-state index contributed by atoms with van der Waals surface area (Å²) in [4.78, 5) is 14.3. The molecule has 0 bridgehead atoms. The molecule has 1 N–H and O–H groups in total. The second-order valence-corrected chi connectivity index (χ2v) is 7.78. The second kappa shape index (κ2) is 5.81. The van der Waals surface area contributed by atoms with E-state index in [4.69, 9.17) is 0 Å². The Bertz CT molecular complexity index is 752. The van der Waals surface area contributed by atoms with Gasteiger partial charge in [0.25, 0.3) is 15.9 Å². The molecule has 0 spiro atoms. The summed E-state index contributed by atoms with van der Waals surface area (Å²) in [6.45, 7) is 0.270. The van der Waals surface area contributed by atoms with E-state index >= 15 is 0 Å². The topological polar surface area (TPSA) is 103 Å². The van der Waals surface area contributed by atoms with Crippen molar-refractivity contribution in [1.82, 2.24) is 10.2 Å². The first-order valence-corrected chi connectivity index (χ1v) is 9.28. The fourth-order valence-corrected chi connectivity index (χ4v) is 4.08. The number of hydrogen-bond donors (Lipinski definition) is 1. The van der Waals surface area contributed by atoms with Gasteiger partial charge in [-0.15, -0.1) is 4.40 Å². The van der Waals surface area contributed by atoms with Crippen LogP contribution in [0.15, 0.2) is 28.3 Å². The molecule has 0 saturated heterocycles. The summed E-state index contributed by atoms with van der Waals surface area (Å²) in [6.07, 6.45) is 9.02. The van der Waals surface area contributed by atoms with Crippen molar-refractivity contribution in [3.63, 3.8) is 0 Å². The SMILES string of the molecule is N#CC1(NC(=O)C2=CC=CN3CCS(=O)(=O)N=C23)CCCCC1. The molecule has 1 saturated carbocycles. The third-order valence-corrected chi connectivity index (χ3v) is 5.53. The standard InChI is InChI=1S/C15H18N4O3S/c16-11-15(6-2-1-3-7-15)17-14(20)12-5-4-8-19-9-10-23(21,22)18-13(12)19/h4-5,8H,1-3,6-7,9-10H2,(H,17,20). The molecule has 23 heavy (non-hydrogen) atoms. The van der Waals surface area contributed by atoms with Gasteiger partial charge in [0.1, 0.15) is 5.54 Å². The van der Waals surface area contributed by atoms with Crippen LogP contribution in [0.2, 0.25) is 0 Å². The van der Waals surface area contributed by atoms with Crippen molar-refractivity contribution in [3.05, 3.63) is 23.9 Å². The van der Waals surface area contributed by atoms with Crippen LogP contribution in [-0.4, -0.2) is 42.9 Å². The number of amidine groups is 1. The molecule has 0 radical (unpaired) electrons. The number of nitriles is 1. The maximum atomic E-state index is 12.6. The molecule has 3 rings (SSSR count). The zero-order valence-electron chi connectivity index (χ0n) is 12.7. The Morgan fingerprint density at radius 1 is 1.35 bits per heavy atom. The van der Waals surface area contributed by atoms with Crippen molar-refractivity contribution in [2.45, 2.75) is 37.6 Å². The number of nitrogens with one attached hydrogen (secondary N) is 1. The number of nitrogens with zero attached hydrogens (tertiary/aromatic N) is 3. The smallest absolute Gasteiger partial charge is 0.256 e. The molecule has 8 heteroatoms. The predicted octanol–water partition coefficient (Wildman–Crippen LogP) is 0.827. The first-order valence-electron chi connectivity index (χ1n) is 7.67. The van der Waals surface area contributed by atoms with Gasteiger partial charge in [0.2, 0.25) is 0 Å². The lowest BCUT2D eigenvalue weighted by atomic mass is 9.82. The molecule has 1 fully saturated rings. The van der Waals surface area contributed by atoms with Crippen LogP contribution in [0.3, 0.4) is 0 Å². The highest BCUT2D eigenvalue weighted by Crippen LogP contribution is 2.28. The maximum absolute atomic E-state index is 12.6. The Labute approximate surface area is 135 Å². The van der Waals surface area contributed by atoms with Gasteiger partial charge < -0.3 is 10.2 Å². The van der Waals surface area contributed by atoms with Crippen molar-refractivity contribution in [2.75, 3.05) is 12.3 Å². The molecule has 122 valence electrons. The summed E-state index contributed by atoms with van der Waals surface area (Å²) in [7, 11) is -3.55. The molecule has 7 nitrogen and oxygen atoms in total. The maximum Gasteiger partial charge on any atom is 0.256 e. The van der Waals surface area contributed by atoms with E-state index in [-0.39, 0.29) is 23.7 Å². The highest BCUT2D eigenvalue weighted by atomic mass is 32.2. The lowest BCUT2D eigenvalue weighted by Crippen LogP contribution is -2.51. The average molecular weight is 334 g/mol. The molecule has 0 aromatic heterocycles. The van der Waals surface area contributed by atoms with Crippen LogP contribution in [-0.2, 0) is 14.8 Å². The molecular weight excluding hydrogens is 316 g/mol. The van der Waals surface area contributed by atoms with Gasteiger partial charge in [0, 0.05) is 12.7 Å². The van der Waals surface area contributed by atoms with Crippen LogP contribution in [0.1, 0.15) is 32.1 Å². The van der Waals surface area contributed by atoms with E-state index < -0.39 is 21.5 Å². The number of hydrogen-bond acceptors (Lipinski definition) is 5. The molecule has 0 aromatic carbocycles. The highest BCUT2D eigenvalue weighted by molar-refractivity contribution is 7.90. The van der Waals surface area contributed by atoms with Crippen LogP contribution in [0.25, 0.3) is 0 Å². The first-order chi connectivity index (χ1) is 10.9. The summed E-state index contributed by atoms with van der Waals surface area (Å²) in [5.74, 6) is -0.378. The molecule has 0 aromatic rings. The number of fused-ring (bicyclic) bond motifs is 1. The molecule has 3 aliphatic rings. The summed E-state index contributed by atoms with van der Waals surface area (Å²) in [5, 5.41) is 12.3. The van der Waals surface area contributed by atoms with Crippen molar-refractivity contribution < 1.29 is 13.2 Å². The molecule has 2 aliphatic heterocycles. The fourth-order valence-electron chi connectivity index (χ4n) is 3.10. The first kappa shape index (κ1) is 15.7. The zero-order valence-corrected chi connectivity index (χ0v) is 13.5. The summed E-state index contributed by atoms with van der Waals surface area (Å²) >= 11 is 0. The van der Waals surface area contributed by atoms with E-state index in [2.05, 4.69) is 15.8 Å². The summed E-state index contributed by atoms with van der Waals surface area (Å²) in [5.41, 5.74) is -0.674. The van der Waals surface area contributed by atoms with Gasteiger partial charge in [-0.1, -0.05) is 19.3 Å². The van der Waals surface area contributed by atoms with Crippen LogP contribution < -0.4 is 5.32 Å². The van der Waals surface area contributed by atoms with Crippen molar-refractivity contribution >= 4 is 21.8 Å². The van der Waals surface area contributed by atoms with E-state index in [1.54, 1.807) is 23.3 Å². The van der Waals surface area contributed by atoms with E-state index in [9.17, 15) is 18.5 Å². The third-order valence-electron chi connectivity index (χ3n) is 4.38. The van der Waals surface area contributed by atoms with Gasteiger partial charge in [0.05, 0.1) is 17.4 Å². The van der Waals surface area contributed by atoms with E-state index in [1.165, 1.54) is 0 Å². The lowest BCUT2D eigenvalue weighted by molar-refractivity contribution is -0.118. The van der Waals surface area contributed by atoms with Crippen LogP contribution in [0.5, 0.6) is 0 Å². The van der Waals surface area contributed by atoms with Crippen LogP contribution in [0, 0.1) is 11.3 Å². The predicted molar refractivity (Wildman–Crippen MR) is 84.7 cm³/mol.